The number of oxime groups is 2. The normalized spacial score (nSPS) is 11.5. The molecule has 2 aromatic rings. The highest BCUT2D eigenvalue weighted by Crippen LogP contribution is 2.34. The maximum atomic E-state index is 8.46. The van der Waals surface area contributed by atoms with E-state index in [-0.39, 0.29) is 0 Å². The molecule has 0 unspecified atom stereocenters. The lowest BCUT2D eigenvalue weighted by atomic mass is 10.1. The molecule has 0 aliphatic heterocycles. The van der Waals surface area contributed by atoms with E-state index in [9.17, 15) is 0 Å². The number of benzene rings is 2. The van der Waals surface area contributed by atoms with Crippen molar-refractivity contribution < 1.29 is 10.0 Å². The summed E-state index contributed by atoms with van der Waals surface area (Å²) in [6, 6.07) is 8.74. The largest absolute Gasteiger partial charge is 0.411 e. The topological polar surface area (TPSA) is 54.2 Å². The lowest BCUT2D eigenvalue weighted by Gasteiger charge is -2.09. The fraction of sp³-hybridized carbons (Fsp3) is 0.222. The van der Waals surface area contributed by atoms with Gasteiger partial charge in [0.2, 0.25) is 0 Å². The van der Waals surface area contributed by atoms with Crippen LogP contribution in [0.1, 0.15) is 24.0 Å². The molecule has 138 valence electrons. The Labute approximate surface area is 171 Å². The van der Waals surface area contributed by atoms with E-state index in [1.165, 1.54) is 6.21 Å². The fourth-order valence-electron chi connectivity index (χ4n) is 2.27. The number of rotatable bonds is 8. The van der Waals surface area contributed by atoms with Gasteiger partial charge < -0.3 is 10.0 Å². The summed E-state index contributed by atoms with van der Waals surface area (Å²) in [7, 11) is 0. The van der Waals surface area contributed by atoms with Crippen LogP contribution in [0.5, 0.6) is 5.75 Å². The smallest absolute Gasteiger partial charge is 0.176 e. The molecule has 0 heterocycles. The molecule has 0 saturated carbocycles. The van der Waals surface area contributed by atoms with Crippen LogP contribution in [0.3, 0.4) is 0 Å². The highest BCUT2D eigenvalue weighted by atomic mass is 35.5. The Morgan fingerprint density at radius 2 is 1.46 bits per heavy atom. The molecule has 8 heteroatoms. The summed E-state index contributed by atoms with van der Waals surface area (Å²) in [6.45, 7) is 0. The Morgan fingerprint density at radius 3 is 2.15 bits per heavy atom. The van der Waals surface area contributed by atoms with Gasteiger partial charge in [-0.1, -0.05) is 57.6 Å². The van der Waals surface area contributed by atoms with Gasteiger partial charge in [0.05, 0.1) is 5.02 Å². The monoisotopic (exact) mass is 432 g/mol. The minimum Gasteiger partial charge on any atom is -0.411 e. The summed E-state index contributed by atoms with van der Waals surface area (Å²) in [6.07, 6.45) is 5.27. The van der Waals surface area contributed by atoms with Crippen molar-refractivity contribution in [3.63, 3.8) is 0 Å². The summed E-state index contributed by atoms with van der Waals surface area (Å²) >= 11 is 24.7. The maximum Gasteiger partial charge on any atom is 0.176 e. The minimum atomic E-state index is 0.384. The van der Waals surface area contributed by atoms with E-state index in [0.29, 0.717) is 57.1 Å². The first kappa shape index (κ1) is 20.8. The van der Waals surface area contributed by atoms with Crippen LogP contribution in [0.15, 0.2) is 40.6 Å². The van der Waals surface area contributed by atoms with E-state index in [0.717, 1.165) is 5.56 Å². The molecule has 0 bridgehead atoms. The van der Waals surface area contributed by atoms with Crippen molar-refractivity contribution in [3.05, 3.63) is 61.5 Å². The van der Waals surface area contributed by atoms with Crippen LogP contribution in [0.4, 0.5) is 0 Å². The average molecular weight is 434 g/mol. The lowest BCUT2D eigenvalue weighted by molar-refractivity contribution is 0.320. The van der Waals surface area contributed by atoms with Gasteiger partial charge in [-0.25, -0.2) is 0 Å². The van der Waals surface area contributed by atoms with Crippen LogP contribution in [-0.4, -0.2) is 17.6 Å². The van der Waals surface area contributed by atoms with E-state index >= 15 is 0 Å². The molecule has 26 heavy (non-hydrogen) atoms. The van der Waals surface area contributed by atoms with Gasteiger partial charge in [-0.2, -0.15) is 0 Å². The van der Waals surface area contributed by atoms with E-state index in [2.05, 4.69) is 10.3 Å². The molecule has 2 aromatic carbocycles. The van der Waals surface area contributed by atoms with Crippen molar-refractivity contribution >= 4 is 58.8 Å². The van der Waals surface area contributed by atoms with Crippen LogP contribution in [0.25, 0.3) is 0 Å². The second-order valence-electron chi connectivity index (χ2n) is 5.29. The highest BCUT2D eigenvalue weighted by Gasteiger charge is 2.11. The zero-order valence-electron chi connectivity index (χ0n) is 13.6. The van der Waals surface area contributed by atoms with Gasteiger partial charge in [0.15, 0.2) is 5.75 Å². The molecular weight excluding hydrogens is 418 g/mol. The first-order valence-corrected chi connectivity index (χ1v) is 9.30. The predicted molar refractivity (Wildman–Crippen MR) is 109 cm³/mol. The van der Waals surface area contributed by atoms with Crippen molar-refractivity contribution in [2.75, 3.05) is 0 Å². The zero-order chi connectivity index (χ0) is 18.9. The van der Waals surface area contributed by atoms with Crippen LogP contribution in [0.2, 0.25) is 20.1 Å². The van der Waals surface area contributed by atoms with Crippen molar-refractivity contribution in [1.29, 1.82) is 0 Å². The van der Waals surface area contributed by atoms with E-state index in [4.69, 9.17) is 56.4 Å². The molecular formula is C18H16Cl4N2O2. The summed E-state index contributed by atoms with van der Waals surface area (Å²) in [5.41, 5.74) is 1.59. The number of hydrogen-bond donors (Lipinski definition) is 1. The van der Waals surface area contributed by atoms with Crippen molar-refractivity contribution in [2.45, 2.75) is 25.7 Å². The molecule has 0 saturated heterocycles. The molecule has 0 aromatic heterocycles. The van der Waals surface area contributed by atoms with Gasteiger partial charge >= 0.3 is 0 Å². The molecule has 0 aliphatic rings. The molecule has 1 N–H and O–H groups in total. The van der Waals surface area contributed by atoms with Gasteiger partial charge in [0.1, 0.15) is 0 Å². The van der Waals surface area contributed by atoms with Crippen molar-refractivity contribution in [3.8, 4) is 5.75 Å². The first-order valence-electron chi connectivity index (χ1n) is 7.79. The Morgan fingerprint density at radius 1 is 0.846 bits per heavy atom. The van der Waals surface area contributed by atoms with Crippen molar-refractivity contribution in [2.24, 2.45) is 10.3 Å². The molecule has 0 aliphatic carbocycles. The van der Waals surface area contributed by atoms with Gasteiger partial charge in [-0.3, -0.25) is 0 Å². The standard InChI is InChI=1S/C18H16Cl4N2O2/c19-14-6-1-7-15(20)12(14)4-3-11-24-26-17-9-8-16(21)13(18(17)22)5-2-10-23-25/h1,6-11,25H,2-5H2/b23-10-,24-11+. The van der Waals surface area contributed by atoms with Gasteiger partial charge in [-0.05, 0) is 61.1 Å². The molecule has 0 spiro atoms. The van der Waals surface area contributed by atoms with Gasteiger partial charge in [-0.15, -0.1) is 5.16 Å². The fourth-order valence-corrected chi connectivity index (χ4v) is 3.45. The molecule has 2 rings (SSSR count). The second-order valence-corrected chi connectivity index (χ2v) is 6.89. The minimum absolute atomic E-state index is 0.384. The average Bonchev–Trinajstić information content (AvgIpc) is 2.61. The van der Waals surface area contributed by atoms with Crippen LogP contribution in [0, 0.1) is 0 Å². The van der Waals surface area contributed by atoms with Crippen LogP contribution < -0.4 is 4.84 Å². The number of halogens is 4. The SMILES string of the molecule is O/N=C\CCc1c(Cl)ccc(O/N=C/CCc2c(Cl)cccc2Cl)c1Cl. The Balaban J connectivity index is 1.96. The second kappa shape index (κ2) is 10.6. The first-order chi connectivity index (χ1) is 12.5. The predicted octanol–water partition coefficient (Wildman–Crippen LogP) is 6.69. The third-order valence-electron chi connectivity index (χ3n) is 3.57. The molecule has 0 fully saturated rings. The van der Waals surface area contributed by atoms with Crippen molar-refractivity contribution in [1.82, 2.24) is 0 Å². The summed E-state index contributed by atoms with van der Waals surface area (Å²) in [5.74, 6) is 0.402. The highest BCUT2D eigenvalue weighted by molar-refractivity contribution is 6.37. The third-order valence-corrected chi connectivity index (χ3v) is 5.04. The summed E-state index contributed by atoms with van der Waals surface area (Å²) in [5, 5.41) is 17.5. The Kier molecular flexibility index (Phi) is 8.52. The van der Waals surface area contributed by atoms with Gasteiger partial charge in [0, 0.05) is 27.5 Å². The quantitative estimate of drug-likeness (QED) is 0.286. The Hall–Kier alpha value is -1.46. The van der Waals surface area contributed by atoms with E-state index in [1.54, 1.807) is 36.5 Å². The van der Waals surface area contributed by atoms with E-state index < -0.39 is 0 Å². The molecule has 0 radical (unpaired) electrons. The Bertz CT molecular complexity index is 790. The van der Waals surface area contributed by atoms with Crippen LogP contribution >= 0.6 is 46.4 Å². The lowest BCUT2D eigenvalue weighted by Crippen LogP contribution is -1.94. The molecule has 0 atom stereocenters. The summed E-state index contributed by atoms with van der Waals surface area (Å²) < 4.78 is 0. The van der Waals surface area contributed by atoms with Crippen LogP contribution in [-0.2, 0) is 12.8 Å². The molecule has 4 nitrogen and oxygen atoms in total. The molecule has 0 amide bonds. The number of nitrogens with zero attached hydrogens (tertiary/aromatic N) is 2. The zero-order valence-corrected chi connectivity index (χ0v) is 16.7. The number of hydrogen-bond acceptors (Lipinski definition) is 4. The summed E-state index contributed by atoms with van der Waals surface area (Å²) in [4.78, 5) is 5.37. The third kappa shape index (κ3) is 5.78. The maximum absolute atomic E-state index is 8.46. The van der Waals surface area contributed by atoms with E-state index in [1.807, 2.05) is 0 Å². The van der Waals surface area contributed by atoms with Gasteiger partial charge in [0.25, 0.3) is 0 Å².